The first-order valence-corrected chi connectivity index (χ1v) is 10.3. The summed E-state index contributed by atoms with van der Waals surface area (Å²) in [7, 11) is -4.03. The van der Waals surface area contributed by atoms with Crippen LogP contribution in [0.25, 0.3) is 0 Å². The molecule has 0 aliphatic heterocycles. The van der Waals surface area contributed by atoms with Crippen molar-refractivity contribution in [2.75, 3.05) is 10.6 Å². The van der Waals surface area contributed by atoms with Crippen LogP contribution in [0.1, 0.15) is 18.1 Å². The molecule has 152 valence electrons. The van der Waals surface area contributed by atoms with Gasteiger partial charge in [0.15, 0.2) is 0 Å². The Bertz CT molecular complexity index is 947. The normalized spacial score (nSPS) is 13.1. The zero-order chi connectivity index (χ0) is 21.1. The summed E-state index contributed by atoms with van der Waals surface area (Å²) < 4.78 is 64.0. The van der Waals surface area contributed by atoms with Crippen LogP contribution in [-0.2, 0) is 27.5 Å². The number of benzene rings is 2. The lowest BCUT2D eigenvalue weighted by Crippen LogP contribution is -2.47. The van der Waals surface area contributed by atoms with Gasteiger partial charge in [-0.25, -0.2) is 8.42 Å². The summed E-state index contributed by atoms with van der Waals surface area (Å²) in [5.41, 5.74) is -0.520. The first kappa shape index (κ1) is 22.0. The zero-order valence-electron chi connectivity index (χ0n) is 15.0. The highest BCUT2D eigenvalue weighted by Crippen LogP contribution is 2.32. The van der Waals surface area contributed by atoms with E-state index in [1.165, 1.54) is 13.0 Å². The van der Waals surface area contributed by atoms with Crippen molar-refractivity contribution in [1.29, 1.82) is 0 Å². The highest BCUT2D eigenvalue weighted by molar-refractivity contribution is 7.92. The van der Waals surface area contributed by atoms with Crippen LogP contribution in [0, 0.1) is 0 Å². The minimum atomic E-state index is -4.64. The highest BCUT2D eigenvalue weighted by atomic mass is 35.5. The van der Waals surface area contributed by atoms with Crippen LogP contribution in [0.2, 0.25) is 5.02 Å². The van der Waals surface area contributed by atoms with Gasteiger partial charge >= 0.3 is 6.18 Å². The molecule has 1 atom stereocenters. The Balaban J connectivity index is 2.25. The van der Waals surface area contributed by atoms with Crippen LogP contribution in [0.5, 0.6) is 0 Å². The number of nitrogens with zero attached hydrogens (tertiary/aromatic N) is 1. The summed E-state index contributed by atoms with van der Waals surface area (Å²) in [6.07, 6.45) is -3.81. The van der Waals surface area contributed by atoms with Gasteiger partial charge in [0.1, 0.15) is 6.04 Å². The van der Waals surface area contributed by atoms with Crippen LogP contribution in [0.15, 0.2) is 48.5 Å². The van der Waals surface area contributed by atoms with E-state index in [2.05, 4.69) is 5.32 Å². The molecule has 0 fully saturated rings. The molecule has 0 aliphatic rings. The van der Waals surface area contributed by atoms with Crippen molar-refractivity contribution < 1.29 is 26.4 Å². The Kier molecular flexibility index (Phi) is 6.61. The van der Waals surface area contributed by atoms with Gasteiger partial charge in [-0.05, 0) is 42.8 Å². The summed E-state index contributed by atoms with van der Waals surface area (Å²) >= 11 is 5.79. The summed E-state index contributed by atoms with van der Waals surface area (Å²) in [5.74, 6) is -0.655. The van der Waals surface area contributed by atoms with Gasteiger partial charge in [0, 0.05) is 11.6 Å². The second-order valence-electron chi connectivity index (χ2n) is 6.13. The van der Waals surface area contributed by atoms with Crippen molar-refractivity contribution in [3.63, 3.8) is 0 Å². The predicted molar refractivity (Wildman–Crippen MR) is 102 cm³/mol. The second-order valence-corrected chi connectivity index (χ2v) is 8.42. The number of sulfonamides is 1. The van der Waals surface area contributed by atoms with Crippen LogP contribution in [0.4, 0.5) is 18.9 Å². The third-order valence-corrected chi connectivity index (χ3v) is 5.39. The lowest BCUT2D eigenvalue weighted by atomic mass is 10.1. The van der Waals surface area contributed by atoms with Crippen LogP contribution < -0.4 is 9.62 Å². The second kappa shape index (κ2) is 8.40. The summed E-state index contributed by atoms with van der Waals surface area (Å²) in [6, 6.07) is 9.22. The molecular weight excluding hydrogens is 417 g/mol. The first-order chi connectivity index (χ1) is 12.9. The molecule has 0 bridgehead atoms. The van der Waals surface area contributed by atoms with E-state index in [0.29, 0.717) is 15.4 Å². The number of carbonyl (C=O) groups is 1. The summed E-state index contributed by atoms with van der Waals surface area (Å²) in [5, 5.41) is 3.10. The third kappa shape index (κ3) is 5.62. The average molecular weight is 435 g/mol. The number of hydrogen-bond donors (Lipinski definition) is 1. The Morgan fingerprint density at radius 1 is 1.18 bits per heavy atom. The SMILES string of the molecule is C[C@H](C(=O)NCc1ccc(Cl)cc1)N(c1cccc(C(F)(F)F)c1)S(C)(=O)=O. The number of hydrogen-bond acceptors (Lipinski definition) is 3. The van der Waals surface area contributed by atoms with Crippen molar-refractivity contribution in [3.8, 4) is 0 Å². The molecule has 2 aromatic carbocycles. The fraction of sp³-hybridized carbons (Fsp3) is 0.278. The van der Waals surface area contributed by atoms with Gasteiger partial charge in [0.05, 0.1) is 17.5 Å². The largest absolute Gasteiger partial charge is 0.416 e. The van der Waals surface area contributed by atoms with Crippen molar-refractivity contribution in [1.82, 2.24) is 5.32 Å². The molecule has 2 aromatic rings. The monoisotopic (exact) mass is 434 g/mol. The number of rotatable bonds is 6. The van der Waals surface area contributed by atoms with Crippen molar-refractivity contribution in [3.05, 3.63) is 64.7 Å². The number of halogens is 4. The van der Waals surface area contributed by atoms with Crippen molar-refractivity contribution in [2.24, 2.45) is 0 Å². The maximum Gasteiger partial charge on any atom is 0.416 e. The van der Waals surface area contributed by atoms with Crippen molar-refractivity contribution >= 4 is 33.2 Å². The number of alkyl halides is 3. The molecule has 5 nitrogen and oxygen atoms in total. The summed E-state index contributed by atoms with van der Waals surface area (Å²) in [6.45, 7) is 1.42. The van der Waals surface area contributed by atoms with E-state index in [0.717, 1.165) is 24.0 Å². The molecule has 0 heterocycles. The Hall–Kier alpha value is -2.26. The average Bonchev–Trinajstić information content (AvgIpc) is 2.59. The van der Waals surface area contributed by atoms with Crippen LogP contribution in [-0.4, -0.2) is 26.6 Å². The number of amides is 1. The van der Waals surface area contributed by atoms with Crippen molar-refractivity contribution in [2.45, 2.75) is 25.7 Å². The molecule has 2 rings (SSSR count). The summed E-state index contributed by atoms with van der Waals surface area (Å²) in [4.78, 5) is 12.5. The molecule has 0 saturated heterocycles. The van der Waals surface area contributed by atoms with E-state index < -0.39 is 33.7 Å². The third-order valence-electron chi connectivity index (χ3n) is 3.90. The molecule has 1 amide bonds. The van der Waals surface area contributed by atoms with Gasteiger partial charge in [-0.3, -0.25) is 9.10 Å². The van der Waals surface area contributed by atoms with Crippen LogP contribution in [0.3, 0.4) is 0 Å². The Morgan fingerprint density at radius 2 is 1.79 bits per heavy atom. The van der Waals surface area contributed by atoms with E-state index in [9.17, 15) is 26.4 Å². The smallest absolute Gasteiger partial charge is 0.350 e. The maximum absolute atomic E-state index is 13.0. The van der Waals surface area contributed by atoms with E-state index >= 15 is 0 Å². The quantitative estimate of drug-likeness (QED) is 0.751. The van der Waals surface area contributed by atoms with Gasteiger partial charge in [-0.15, -0.1) is 0 Å². The minimum Gasteiger partial charge on any atom is -0.350 e. The standard InChI is InChI=1S/C18H18ClF3N2O3S/c1-12(17(25)23-11-13-6-8-15(19)9-7-13)24(28(2,26)27)16-5-3-4-14(10-16)18(20,21)22/h3-10,12H,11H2,1-2H3,(H,23,25)/t12-/m1/s1. The highest BCUT2D eigenvalue weighted by Gasteiger charge is 2.34. The molecule has 0 saturated carbocycles. The molecule has 0 radical (unpaired) electrons. The van der Waals surface area contributed by atoms with E-state index in [4.69, 9.17) is 11.6 Å². The molecular formula is C18H18ClF3N2O3S. The minimum absolute atomic E-state index is 0.112. The topological polar surface area (TPSA) is 66.5 Å². The lowest BCUT2D eigenvalue weighted by molar-refractivity contribution is -0.137. The molecule has 0 aromatic heterocycles. The van der Waals surface area contributed by atoms with Crippen LogP contribution >= 0.6 is 11.6 Å². The molecule has 0 spiro atoms. The van der Waals surface area contributed by atoms with Gasteiger partial charge < -0.3 is 5.32 Å². The van der Waals surface area contributed by atoms with E-state index in [1.807, 2.05) is 0 Å². The number of anilines is 1. The van der Waals surface area contributed by atoms with E-state index in [-0.39, 0.29) is 12.2 Å². The van der Waals surface area contributed by atoms with Gasteiger partial charge in [0.2, 0.25) is 15.9 Å². The zero-order valence-corrected chi connectivity index (χ0v) is 16.6. The number of carbonyl (C=O) groups excluding carboxylic acids is 1. The predicted octanol–water partition coefficient (Wildman–Crippen LogP) is 3.83. The van der Waals surface area contributed by atoms with E-state index in [1.54, 1.807) is 24.3 Å². The fourth-order valence-electron chi connectivity index (χ4n) is 2.57. The molecule has 10 heteroatoms. The Labute approximate surface area is 166 Å². The molecule has 1 N–H and O–H groups in total. The number of nitrogens with one attached hydrogen (secondary N) is 1. The molecule has 0 unspecified atom stereocenters. The molecule has 0 aliphatic carbocycles. The molecule has 28 heavy (non-hydrogen) atoms. The van der Waals surface area contributed by atoms with Gasteiger partial charge in [-0.2, -0.15) is 13.2 Å². The first-order valence-electron chi connectivity index (χ1n) is 8.08. The fourth-order valence-corrected chi connectivity index (χ4v) is 3.86. The van der Waals surface area contributed by atoms with Gasteiger partial charge in [0.25, 0.3) is 0 Å². The Morgan fingerprint density at radius 3 is 2.32 bits per heavy atom. The lowest BCUT2D eigenvalue weighted by Gasteiger charge is -2.28. The maximum atomic E-state index is 13.0. The van der Waals surface area contributed by atoms with Gasteiger partial charge in [-0.1, -0.05) is 29.8 Å².